The van der Waals surface area contributed by atoms with Crippen LogP contribution in [0.25, 0.3) is 0 Å². The van der Waals surface area contributed by atoms with Crippen molar-refractivity contribution in [1.82, 2.24) is 15.5 Å². The highest BCUT2D eigenvalue weighted by molar-refractivity contribution is 7.13. The molecule has 128 valence electrons. The van der Waals surface area contributed by atoms with Crippen LogP contribution >= 0.6 is 11.3 Å². The van der Waals surface area contributed by atoms with E-state index in [0.717, 1.165) is 23.5 Å². The lowest BCUT2D eigenvalue weighted by Gasteiger charge is -2.23. The van der Waals surface area contributed by atoms with E-state index in [1.807, 2.05) is 18.2 Å². The van der Waals surface area contributed by atoms with Gasteiger partial charge in [-0.15, -0.1) is 10.2 Å². The molecule has 2 amide bonds. The molecule has 0 radical (unpaired) electrons. The fourth-order valence-electron chi connectivity index (χ4n) is 2.51. The van der Waals surface area contributed by atoms with Crippen LogP contribution in [0, 0.1) is 5.92 Å². The van der Waals surface area contributed by atoms with E-state index < -0.39 is 0 Å². The predicted molar refractivity (Wildman–Crippen MR) is 91.7 cm³/mol. The number of urea groups is 1. The Balaban J connectivity index is 1.75. The van der Waals surface area contributed by atoms with Crippen molar-refractivity contribution in [3.63, 3.8) is 0 Å². The van der Waals surface area contributed by atoms with E-state index in [0.29, 0.717) is 18.3 Å². The Kier molecular flexibility index (Phi) is 5.14. The van der Waals surface area contributed by atoms with Crippen molar-refractivity contribution in [2.45, 2.75) is 26.3 Å². The fraction of sp³-hybridized carbons (Fsp3) is 0.438. The first-order valence-electron chi connectivity index (χ1n) is 7.86. The van der Waals surface area contributed by atoms with Crippen molar-refractivity contribution < 1.29 is 14.3 Å². The van der Waals surface area contributed by atoms with Gasteiger partial charge in [0.05, 0.1) is 19.3 Å². The van der Waals surface area contributed by atoms with Gasteiger partial charge in [-0.3, -0.25) is 5.32 Å². The van der Waals surface area contributed by atoms with E-state index in [-0.39, 0.29) is 18.0 Å². The quantitative estimate of drug-likeness (QED) is 0.886. The number of anilines is 1. The van der Waals surface area contributed by atoms with Crippen molar-refractivity contribution in [1.29, 1.82) is 0 Å². The molecule has 0 saturated heterocycles. The summed E-state index contributed by atoms with van der Waals surface area (Å²) in [6, 6.07) is 5.34. The van der Waals surface area contributed by atoms with Gasteiger partial charge in [0.1, 0.15) is 5.51 Å². The number of nitrogens with one attached hydrogen (secondary N) is 2. The number of fused-ring (bicyclic) bond motifs is 1. The molecule has 1 atom stereocenters. The number of amides is 2. The highest BCUT2D eigenvalue weighted by Crippen LogP contribution is 2.34. The van der Waals surface area contributed by atoms with Crippen LogP contribution in [0.15, 0.2) is 23.7 Å². The highest BCUT2D eigenvalue weighted by atomic mass is 32.1. The van der Waals surface area contributed by atoms with E-state index in [4.69, 9.17) is 9.47 Å². The monoisotopic (exact) mass is 348 g/mol. The summed E-state index contributed by atoms with van der Waals surface area (Å²) in [7, 11) is 0. The van der Waals surface area contributed by atoms with Gasteiger partial charge in [0, 0.05) is 6.42 Å². The molecule has 24 heavy (non-hydrogen) atoms. The second kappa shape index (κ2) is 7.48. The van der Waals surface area contributed by atoms with E-state index in [9.17, 15) is 4.79 Å². The first kappa shape index (κ1) is 16.5. The molecule has 1 aromatic heterocycles. The van der Waals surface area contributed by atoms with E-state index in [2.05, 4.69) is 34.7 Å². The van der Waals surface area contributed by atoms with Gasteiger partial charge in [-0.1, -0.05) is 31.3 Å². The third-order valence-corrected chi connectivity index (χ3v) is 4.27. The molecular formula is C16H20N4O3S. The van der Waals surface area contributed by atoms with Gasteiger partial charge in [0.2, 0.25) is 5.13 Å². The zero-order chi connectivity index (χ0) is 16.9. The maximum Gasteiger partial charge on any atom is 0.321 e. The molecule has 7 nitrogen and oxygen atoms in total. The number of aromatic nitrogens is 2. The number of benzene rings is 1. The molecular weight excluding hydrogens is 328 g/mol. The van der Waals surface area contributed by atoms with Crippen LogP contribution in [0.5, 0.6) is 11.5 Å². The molecule has 2 aromatic rings. The normalized spacial score (nSPS) is 14.8. The lowest BCUT2D eigenvalue weighted by Crippen LogP contribution is -2.35. The molecule has 0 saturated carbocycles. The molecule has 0 aliphatic carbocycles. The minimum Gasteiger partial charge on any atom is -0.490 e. The van der Waals surface area contributed by atoms with Crippen LogP contribution < -0.4 is 20.1 Å². The summed E-state index contributed by atoms with van der Waals surface area (Å²) in [6.45, 7) is 5.40. The summed E-state index contributed by atoms with van der Waals surface area (Å²) in [4.78, 5) is 12.2. The second-order valence-electron chi connectivity index (χ2n) is 5.82. The van der Waals surface area contributed by atoms with Crippen LogP contribution in [0.1, 0.15) is 31.9 Å². The topological polar surface area (TPSA) is 85.4 Å². The summed E-state index contributed by atoms with van der Waals surface area (Å²) in [6.07, 6.45) is 0.861. The van der Waals surface area contributed by atoms with E-state index in [1.54, 1.807) is 5.51 Å². The van der Waals surface area contributed by atoms with Crippen molar-refractivity contribution in [3.05, 3.63) is 29.3 Å². The smallest absolute Gasteiger partial charge is 0.321 e. The Morgan fingerprint density at radius 3 is 2.75 bits per heavy atom. The molecule has 2 N–H and O–H groups in total. The third-order valence-electron chi connectivity index (χ3n) is 3.66. The summed E-state index contributed by atoms with van der Waals surface area (Å²) < 4.78 is 11.4. The number of carbonyl (C=O) groups is 1. The van der Waals surface area contributed by atoms with Gasteiger partial charge in [-0.05, 0) is 23.6 Å². The Hall–Kier alpha value is -2.35. The maximum atomic E-state index is 12.2. The SMILES string of the molecule is CC(C)[C@@H](NC(=O)Nc1nncs1)c1ccc2c(c1)OCCCO2. The molecule has 1 aliphatic rings. The number of ether oxygens (including phenoxy) is 2. The van der Waals surface area contributed by atoms with E-state index >= 15 is 0 Å². The van der Waals surface area contributed by atoms with Crippen LogP contribution in [0.4, 0.5) is 9.93 Å². The number of rotatable bonds is 4. The van der Waals surface area contributed by atoms with Gasteiger partial charge in [0.25, 0.3) is 0 Å². The van der Waals surface area contributed by atoms with E-state index in [1.165, 1.54) is 11.3 Å². The molecule has 8 heteroatoms. The Labute approximate surface area is 144 Å². The van der Waals surface area contributed by atoms with Gasteiger partial charge in [0.15, 0.2) is 11.5 Å². The van der Waals surface area contributed by atoms with Crippen LogP contribution in [0.2, 0.25) is 0 Å². The van der Waals surface area contributed by atoms with Gasteiger partial charge >= 0.3 is 6.03 Å². The van der Waals surface area contributed by atoms with Crippen LogP contribution in [0.3, 0.4) is 0 Å². The van der Waals surface area contributed by atoms with Crippen molar-refractivity contribution in [2.24, 2.45) is 5.92 Å². The summed E-state index contributed by atoms with van der Waals surface area (Å²) in [5.74, 6) is 1.67. The minimum atomic E-state index is -0.308. The fourth-order valence-corrected chi connectivity index (χ4v) is 2.95. The number of hydrogen-bond acceptors (Lipinski definition) is 6. The predicted octanol–water partition coefficient (Wildman–Crippen LogP) is 3.22. The zero-order valence-electron chi connectivity index (χ0n) is 13.6. The minimum absolute atomic E-state index is 0.157. The molecule has 1 aromatic carbocycles. The van der Waals surface area contributed by atoms with Crippen LogP contribution in [-0.4, -0.2) is 29.4 Å². The molecule has 0 unspecified atom stereocenters. The first-order chi connectivity index (χ1) is 11.6. The highest BCUT2D eigenvalue weighted by Gasteiger charge is 2.21. The third kappa shape index (κ3) is 3.94. The maximum absolute atomic E-state index is 12.2. The molecule has 2 heterocycles. The standard InChI is InChI=1S/C16H20N4O3S/c1-10(2)14(18-15(21)19-16-20-17-9-24-16)11-4-5-12-13(8-11)23-7-3-6-22-12/h4-5,8-10,14H,3,6-7H2,1-2H3,(H2,18,19,20,21)/t14-/m1/s1. The van der Waals surface area contributed by atoms with Crippen LogP contribution in [-0.2, 0) is 0 Å². The Bertz CT molecular complexity index is 691. The lowest BCUT2D eigenvalue weighted by atomic mass is 9.96. The van der Waals surface area contributed by atoms with Gasteiger partial charge < -0.3 is 14.8 Å². The summed E-state index contributed by atoms with van der Waals surface area (Å²) >= 11 is 1.27. The molecule has 0 bridgehead atoms. The van der Waals surface area contributed by atoms with Crippen molar-refractivity contribution >= 4 is 22.5 Å². The molecule has 0 fully saturated rings. The summed E-state index contributed by atoms with van der Waals surface area (Å²) in [5.41, 5.74) is 2.54. The Morgan fingerprint density at radius 2 is 2.04 bits per heavy atom. The zero-order valence-corrected chi connectivity index (χ0v) is 14.4. The Morgan fingerprint density at radius 1 is 1.25 bits per heavy atom. The molecule has 3 rings (SSSR count). The average Bonchev–Trinajstić information content (AvgIpc) is 2.94. The van der Waals surface area contributed by atoms with Gasteiger partial charge in [-0.2, -0.15) is 0 Å². The number of nitrogens with zero attached hydrogens (tertiary/aromatic N) is 2. The largest absolute Gasteiger partial charge is 0.490 e. The number of carbonyl (C=O) groups excluding carboxylic acids is 1. The first-order valence-corrected chi connectivity index (χ1v) is 8.74. The van der Waals surface area contributed by atoms with Crippen molar-refractivity contribution in [2.75, 3.05) is 18.5 Å². The average molecular weight is 348 g/mol. The van der Waals surface area contributed by atoms with Gasteiger partial charge in [-0.25, -0.2) is 4.79 Å². The molecule has 1 aliphatic heterocycles. The summed E-state index contributed by atoms with van der Waals surface area (Å²) in [5, 5.41) is 13.7. The molecule has 0 spiro atoms. The second-order valence-corrected chi connectivity index (χ2v) is 6.65. The lowest BCUT2D eigenvalue weighted by molar-refractivity contribution is 0.244. The van der Waals surface area contributed by atoms with Crippen molar-refractivity contribution in [3.8, 4) is 11.5 Å². The number of hydrogen-bond donors (Lipinski definition) is 2.